The van der Waals surface area contributed by atoms with Crippen molar-refractivity contribution in [1.82, 2.24) is 0 Å². The Morgan fingerprint density at radius 1 is 0.656 bits per heavy atom. The van der Waals surface area contributed by atoms with Crippen molar-refractivity contribution in [2.24, 2.45) is 56.2 Å². The zero-order chi connectivity index (χ0) is 23.4. The van der Waals surface area contributed by atoms with Gasteiger partial charge in [0.1, 0.15) is 0 Å². The molecular weight excluding hydrogens is 392 g/mol. The van der Waals surface area contributed by atoms with Gasteiger partial charge in [-0.15, -0.1) is 0 Å². The van der Waals surface area contributed by atoms with Gasteiger partial charge in [0.15, 0.2) is 0 Å². The number of hydrogen-bond donors (Lipinski definition) is 2. The molecule has 5 aliphatic carbocycles. The standard InChI is InChI=1S/C30H52O2/c1-25(2)14-15-26(3)16-17-29(6)20(21(26)18-25)8-9-23-27(4)12-11-24(32)28(5,19-31)22(27)10-13-30(23,29)7/h20-24,31-32H,8-19H2,1-7H3/t20-,21-,22?,23-,24?,26-,27+,28?,29-,30-/m1/s1. The van der Waals surface area contributed by atoms with E-state index in [1.165, 1.54) is 57.8 Å². The molecule has 0 aromatic carbocycles. The highest BCUT2D eigenvalue weighted by molar-refractivity contribution is 5.18. The van der Waals surface area contributed by atoms with Gasteiger partial charge in [-0.25, -0.2) is 0 Å². The molecule has 0 spiro atoms. The smallest absolute Gasteiger partial charge is 0.0618 e. The van der Waals surface area contributed by atoms with Gasteiger partial charge in [-0.3, -0.25) is 0 Å². The molecule has 0 amide bonds. The van der Waals surface area contributed by atoms with Gasteiger partial charge < -0.3 is 10.2 Å². The number of aliphatic hydroxyl groups excluding tert-OH is 2. The lowest BCUT2D eigenvalue weighted by Gasteiger charge is -2.73. The van der Waals surface area contributed by atoms with E-state index in [-0.39, 0.29) is 23.5 Å². The summed E-state index contributed by atoms with van der Waals surface area (Å²) in [6.07, 6.45) is 14.0. The Morgan fingerprint density at radius 3 is 2.03 bits per heavy atom. The number of fused-ring (bicyclic) bond motifs is 7. The van der Waals surface area contributed by atoms with Gasteiger partial charge in [-0.2, -0.15) is 0 Å². The molecule has 0 aliphatic heterocycles. The third kappa shape index (κ3) is 2.84. The molecule has 0 radical (unpaired) electrons. The minimum absolute atomic E-state index is 0.132. The van der Waals surface area contributed by atoms with Crippen LogP contribution in [0.2, 0.25) is 0 Å². The van der Waals surface area contributed by atoms with Gasteiger partial charge in [0, 0.05) is 5.41 Å². The van der Waals surface area contributed by atoms with Crippen molar-refractivity contribution < 1.29 is 10.2 Å². The van der Waals surface area contributed by atoms with Crippen LogP contribution in [-0.2, 0) is 0 Å². The Morgan fingerprint density at radius 2 is 1.34 bits per heavy atom. The average molecular weight is 445 g/mol. The van der Waals surface area contributed by atoms with E-state index >= 15 is 0 Å². The molecular formula is C30H52O2. The van der Waals surface area contributed by atoms with Crippen LogP contribution in [0.4, 0.5) is 0 Å². The normalized spacial score (nSPS) is 59.3. The molecule has 5 rings (SSSR count). The number of aliphatic hydroxyl groups is 2. The molecule has 3 unspecified atom stereocenters. The summed E-state index contributed by atoms with van der Waals surface area (Å²) in [5.41, 5.74) is 1.82. The van der Waals surface area contributed by atoms with E-state index in [0.29, 0.717) is 27.6 Å². The Kier molecular flexibility index (Phi) is 5.17. The van der Waals surface area contributed by atoms with Crippen LogP contribution < -0.4 is 0 Å². The summed E-state index contributed by atoms with van der Waals surface area (Å²) in [7, 11) is 0. The minimum Gasteiger partial charge on any atom is -0.396 e. The Bertz CT molecular complexity index is 760. The lowest BCUT2D eigenvalue weighted by Crippen LogP contribution is -2.67. The van der Waals surface area contributed by atoms with E-state index < -0.39 is 0 Å². The predicted octanol–water partition coefficient (Wildman–Crippen LogP) is 7.22. The maximum absolute atomic E-state index is 10.9. The quantitative estimate of drug-likeness (QED) is 0.448. The fourth-order valence-corrected chi connectivity index (χ4v) is 11.3. The topological polar surface area (TPSA) is 40.5 Å². The fraction of sp³-hybridized carbons (Fsp3) is 1.00. The first kappa shape index (κ1) is 23.7. The van der Waals surface area contributed by atoms with E-state index in [1.807, 2.05) is 0 Å². The molecule has 0 heterocycles. The number of hydrogen-bond acceptors (Lipinski definition) is 2. The van der Waals surface area contributed by atoms with Crippen molar-refractivity contribution >= 4 is 0 Å². The van der Waals surface area contributed by atoms with E-state index in [0.717, 1.165) is 30.6 Å². The highest BCUT2D eigenvalue weighted by Gasteiger charge is 2.69. The second-order valence-corrected chi connectivity index (χ2v) is 15.5. The van der Waals surface area contributed by atoms with Crippen LogP contribution in [0.1, 0.15) is 119 Å². The maximum atomic E-state index is 10.9. The fourth-order valence-electron chi connectivity index (χ4n) is 11.3. The third-order valence-electron chi connectivity index (χ3n) is 13.8. The molecule has 2 nitrogen and oxygen atoms in total. The van der Waals surface area contributed by atoms with Crippen molar-refractivity contribution in [2.75, 3.05) is 6.61 Å². The Balaban J connectivity index is 1.52. The molecule has 10 atom stereocenters. The minimum atomic E-state index is -0.346. The summed E-state index contributed by atoms with van der Waals surface area (Å²) >= 11 is 0. The van der Waals surface area contributed by atoms with Gasteiger partial charge in [0.25, 0.3) is 0 Å². The summed E-state index contributed by atoms with van der Waals surface area (Å²) in [6, 6.07) is 0. The third-order valence-corrected chi connectivity index (χ3v) is 13.8. The highest BCUT2D eigenvalue weighted by Crippen LogP contribution is 2.76. The van der Waals surface area contributed by atoms with Crippen LogP contribution in [0, 0.1) is 56.2 Å². The van der Waals surface area contributed by atoms with Gasteiger partial charge in [0.2, 0.25) is 0 Å². The van der Waals surface area contributed by atoms with Crippen LogP contribution in [0.25, 0.3) is 0 Å². The van der Waals surface area contributed by atoms with Crippen LogP contribution >= 0.6 is 0 Å². The van der Waals surface area contributed by atoms with Crippen LogP contribution in [-0.4, -0.2) is 22.9 Å². The van der Waals surface area contributed by atoms with Crippen molar-refractivity contribution in [3.8, 4) is 0 Å². The first-order valence-electron chi connectivity index (χ1n) is 14.0. The molecule has 2 N–H and O–H groups in total. The second-order valence-electron chi connectivity index (χ2n) is 15.5. The van der Waals surface area contributed by atoms with Crippen molar-refractivity contribution in [2.45, 2.75) is 125 Å². The van der Waals surface area contributed by atoms with Crippen LogP contribution in [0.15, 0.2) is 0 Å². The van der Waals surface area contributed by atoms with Crippen LogP contribution in [0.3, 0.4) is 0 Å². The van der Waals surface area contributed by atoms with Crippen molar-refractivity contribution in [3.63, 3.8) is 0 Å². The molecule has 0 aromatic rings. The SMILES string of the molecule is CC1(C)CC[C@]2(C)CC[C@]3(C)[C@H](CC[C@@H]4[C@@]5(C)CCC(O)C(C)(CO)C5CC[C@]43C)[C@H]2C1. The Labute approximate surface area is 198 Å². The molecule has 0 bridgehead atoms. The molecule has 5 saturated carbocycles. The molecule has 32 heavy (non-hydrogen) atoms. The van der Waals surface area contributed by atoms with Gasteiger partial charge in [-0.1, -0.05) is 48.5 Å². The first-order valence-corrected chi connectivity index (χ1v) is 14.0. The van der Waals surface area contributed by atoms with Crippen LogP contribution in [0.5, 0.6) is 0 Å². The molecule has 5 aliphatic rings. The van der Waals surface area contributed by atoms with E-state index in [1.54, 1.807) is 0 Å². The first-order chi connectivity index (χ1) is 14.8. The molecule has 0 aromatic heterocycles. The Hall–Kier alpha value is -0.0800. The lowest BCUT2D eigenvalue weighted by molar-refractivity contribution is -0.258. The zero-order valence-electron chi connectivity index (χ0n) is 22.3. The molecule has 5 fully saturated rings. The van der Waals surface area contributed by atoms with Crippen molar-refractivity contribution in [3.05, 3.63) is 0 Å². The predicted molar refractivity (Wildman–Crippen MR) is 132 cm³/mol. The van der Waals surface area contributed by atoms with E-state index in [4.69, 9.17) is 0 Å². The lowest BCUT2D eigenvalue weighted by atomic mass is 9.31. The average Bonchev–Trinajstić information content (AvgIpc) is 2.73. The zero-order valence-corrected chi connectivity index (χ0v) is 22.3. The molecule has 0 saturated heterocycles. The van der Waals surface area contributed by atoms with Crippen molar-refractivity contribution in [1.29, 1.82) is 0 Å². The van der Waals surface area contributed by atoms with E-state index in [2.05, 4.69) is 48.5 Å². The molecule has 184 valence electrons. The number of rotatable bonds is 1. The monoisotopic (exact) mass is 444 g/mol. The van der Waals surface area contributed by atoms with Gasteiger partial charge in [-0.05, 0) is 121 Å². The van der Waals surface area contributed by atoms with Gasteiger partial charge in [0.05, 0.1) is 12.7 Å². The summed E-state index contributed by atoms with van der Waals surface area (Å²) in [4.78, 5) is 0. The largest absolute Gasteiger partial charge is 0.396 e. The summed E-state index contributed by atoms with van der Waals surface area (Å²) in [6.45, 7) is 18.0. The maximum Gasteiger partial charge on any atom is 0.0618 e. The summed E-state index contributed by atoms with van der Waals surface area (Å²) in [5.74, 6) is 2.95. The summed E-state index contributed by atoms with van der Waals surface area (Å²) < 4.78 is 0. The summed E-state index contributed by atoms with van der Waals surface area (Å²) in [5, 5.41) is 21.3. The second kappa shape index (κ2) is 6.99. The molecule has 2 heteroatoms. The van der Waals surface area contributed by atoms with E-state index in [9.17, 15) is 10.2 Å². The van der Waals surface area contributed by atoms with Gasteiger partial charge >= 0.3 is 0 Å². The highest BCUT2D eigenvalue weighted by atomic mass is 16.3.